The van der Waals surface area contributed by atoms with Gasteiger partial charge in [-0.1, -0.05) is 0 Å². The van der Waals surface area contributed by atoms with Crippen LogP contribution in [-0.2, 0) is 14.2 Å². The summed E-state index contributed by atoms with van der Waals surface area (Å²) in [6.07, 6.45) is -16.2. The summed E-state index contributed by atoms with van der Waals surface area (Å²) in [5.41, 5.74) is -1.35. The van der Waals surface area contributed by atoms with E-state index in [4.69, 9.17) is 23.4 Å². The number of hydrogen-bond donors (Lipinski definition) is 10. The summed E-state index contributed by atoms with van der Waals surface area (Å²) in [5.74, 6) is -3.33. The molecular formula is C27H30O16. The van der Waals surface area contributed by atoms with Crippen molar-refractivity contribution in [2.75, 3.05) is 6.61 Å². The van der Waals surface area contributed by atoms with Gasteiger partial charge in [0.15, 0.2) is 23.5 Å². The largest absolute Gasteiger partial charge is 0.508 e. The lowest BCUT2D eigenvalue weighted by Gasteiger charge is -2.42. The molecule has 10 atom stereocenters. The van der Waals surface area contributed by atoms with Gasteiger partial charge in [-0.15, -0.1) is 0 Å². The molecule has 43 heavy (non-hydrogen) atoms. The Hall–Kier alpha value is -3.71. The van der Waals surface area contributed by atoms with E-state index >= 15 is 0 Å². The van der Waals surface area contributed by atoms with Crippen molar-refractivity contribution in [1.82, 2.24) is 0 Å². The van der Waals surface area contributed by atoms with Crippen molar-refractivity contribution in [2.45, 2.75) is 68.3 Å². The fourth-order valence-electron chi connectivity index (χ4n) is 4.84. The summed E-state index contributed by atoms with van der Waals surface area (Å²) < 4.78 is 27.8. The van der Waals surface area contributed by atoms with Crippen LogP contribution in [0.2, 0.25) is 0 Å². The predicted octanol–water partition coefficient (Wildman–Crippen LogP) is -1.69. The molecule has 1 aromatic heterocycles. The third-order valence-corrected chi connectivity index (χ3v) is 7.29. The minimum Gasteiger partial charge on any atom is -0.508 e. The average molecular weight is 611 g/mol. The number of rotatable bonds is 6. The van der Waals surface area contributed by atoms with Crippen molar-refractivity contribution < 1.29 is 74.4 Å². The molecular weight excluding hydrogens is 580 g/mol. The first-order valence-electron chi connectivity index (χ1n) is 13.0. The van der Waals surface area contributed by atoms with Gasteiger partial charge in [-0.25, -0.2) is 0 Å². The number of phenolic OH excluding ortho intramolecular Hbond substituents is 4. The fraction of sp³-hybridized carbons (Fsp3) is 0.444. The molecule has 2 aromatic carbocycles. The molecule has 0 spiro atoms. The molecule has 16 nitrogen and oxygen atoms in total. The molecule has 234 valence electrons. The number of hydrogen-bond acceptors (Lipinski definition) is 16. The van der Waals surface area contributed by atoms with Gasteiger partial charge in [0.05, 0.1) is 12.7 Å². The van der Waals surface area contributed by atoms with E-state index in [9.17, 15) is 55.9 Å². The van der Waals surface area contributed by atoms with Crippen LogP contribution in [0.4, 0.5) is 0 Å². The Morgan fingerprint density at radius 2 is 1.42 bits per heavy atom. The van der Waals surface area contributed by atoms with Gasteiger partial charge in [-0.2, -0.15) is 0 Å². The van der Waals surface area contributed by atoms with Crippen molar-refractivity contribution in [3.05, 3.63) is 40.6 Å². The maximum Gasteiger partial charge on any atom is 0.239 e. The smallest absolute Gasteiger partial charge is 0.239 e. The first-order valence-corrected chi connectivity index (χ1v) is 13.0. The van der Waals surface area contributed by atoms with E-state index in [0.717, 1.165) is 24.3 Å². The van der Waals surface area contributed by atoms with Gasteiger partial charge < -0.3 is 74.4 Å². The lowest BCUT2D eigenvalue weighted by Crippen LogP contribution is -2.61. The highest BCUT2D eigenvalue weighted by Gasteiger charge is 2.47. The molecule has 2 aliphatic heterocycles. The van der Waals surface area contributed by atoms with Gasteiger partial charge in [-0.3, -0.25) is 4.79 Å². The number of ether oxygens (including phenoxy) is 4. The van der Waals surface area contributed by atoms with Crippen LogP contribution in [0, 0.1) is 0 Å². The SMILES string of the molecule is C[C@H]1O[C@H](OC[C@H]2O[C@@H](Oc3c(-c4ccc(O)c(O)c4)oc4cc(O)cc(O)c4c3=O)[C@H](O)[C@@H](O)[C@@H]2O)[C@@H](O)[C@@H](O)[C@@H]1O. The normalized spacial score (nSPS) is 33.0. The molecule has 2 aliphatic rings. The molecule has 2 fully saturated rings. The van der Waals surface area contributed by atoms with Crippen LogP contribution in [-0.4, -0.2) is 119 Å². The van der Waals surface area contributed by atoms with Crippen LogP contribution in [0.5, 0.6) is 28.7 Å². The van der Waals surface area contributed by atoms with Crippen LogP contribution >= 0.6 is 0 Å². The molecule has 16 heteroatoms. The van der Waals surface area contributed by atoms with Crippen LogP contribution in [0.25, 0.3) is 22.3 Å². The summed E-state index contributed by atoms with van der Waals surface area (Å²) in [6.45, 7) is 0.818. The molecule has 0 bridgehead atoms. The third-order valence-electron chi connectivity index (χ3n) is 7.29. The van der Waals surface area contributed by atoms with Crippen molar-refractivity contribution in [2.24, 2.45) is 0 Å². The van der Waals surface area contributed by atoms with Crippen LogP contribution < -0.4 is 10.2 Å². The monoisotopic (exact) mass is 610 g/mol. The standard InChI is InChI=1S/C27H30O16/c1-8-17(32)20(35)22(37)26(40-8)39-7-15-18(33)21(36)23(38)27(42-15)43-25-19(34)16-13(31)5-10(28)6-14(16)41-24(25)9-2-3-11(29)12(30)4-9/h2-6,8,15,17-18,20-23,26-33,35-38H,7H2,1H3/t8-,15-,17-,18-,20+,21+,22+,23-,26+,27+/m1/s1. The number of aromatic hydroxyl groups is 4. The number of fused-ring (bicyclic) bond motifs is 1. The van der Waals surface area contributed by atoms with Gasteiger partial charge in [-0.05, 0) is 25.1 Å². The van der Waals surface area contributed by atoms with Gasteiger partial charge in [0.2, 0.25) is 17.5 Å². The molecule has 5 rings (SSSR count). The number of phenols is 4. The quantitative estimate of drug-likeness (QED) is 0.140. The van der Waals surface area contributed by atoms with E-state index < -0.39 is 113 Å². The Bertz CT molecular complexity index is 1540. The van der Waals surface area contributed by atoms with E-state index in [1.165, 1.54) is 13.0 Å². The summed E-state index contributed by atoms with van der Waals surface area (Å²) in [7, 11) is 0. The average Bonchev–Trinajstić information content (AvgIpc) is 2.96. The Morgan fingerprint density at radius 1 is 0.744 bits per heavy atom. The summed E-state index contributed by atoms with van der Waals surface area (Å²) >= 11 is 0. The molecule has 0 aliphatic carbocycles. The van der Waals surface area contributed by atoms with Gasteiger partial charge in [0, 0.05) is 17.7 Å². The topological polar surface area (TPSA) is 269 Å². The summed E-state index contributed by atoms with van der Waals surface area (Å²) in [4.78, 5) is 13.6. The molecule has 0 unspecified atom stereocenters. The van der Waals surface area contributed by atoms with E-state index in [1.807, 2.05) is 0 Å². The third kappa shape index (κ3) is 5.67. The Balaban J connectivity index is 1.48. The Labute approximate surface area is 241 Å². The highest BCUT2D eigenvalue weighted by Crippen LogP contribution is 2.39. The Morgan fingerprint density at radius 3 is 2.12 bits per heavy atom. The summed E-state index contributed by atoms with van der Waals surface area (Å²) in [5, 5.41) is 101. The minimum atomic E-state index is -1.97. The van der Waals surface area contributed by atoms with E-state index in [1.54, 1.807) is 0 Å². The number of benzene rings is 2. The van der Waals surface area contributed by atoms with Gasteiger partial charge >= 0.3 is 0 Å². The van der Waals surface area contributed by atoms with E-state index in [2.05, 4.69) is 0 Å². The van der Waals surface area contributed by atoms with Gasteiger partial charge in [0.25, 0.3) is 0 Å². The van der Waals surface area contributed by atoms with Crippen molar-refractivity contribution in [3.8, 4) is 40.1 Å². The zero-order valence-electron chi connectivity index (χ0n) is 22.3. The van der Waals surface area contributed by atoms with Gasteiger partial charge in [0.1, 0.15) is 65.2 Å². The lowest BCUT2D eigenvalue weighted by atomic mass is 9.98. The first kappa shape index (κ1) is 30.7. The molecule has 2 saturated heterocycles. The van der Waals surface area contributed by atoms with E-state index in [-0.39, 0.29) is 11.1 Å². The Kier molecular flexibility index (Phi) is 8.41. The second-order valence-electron chi connectivity index (χ2n) is 10.3. The molecule has 3 aromatic rings. The van der Waals surface area contributed by atoms with Crippen LogP contribution in [0.15, 0.2) is 39.5 Å². The van der Waals surface area contributed by atoms with E-state index in [0.29, 0.717) is 0 Å². The maximum absolute atomic E-state index is 13.6. The first-order chi connectivity index (χ1) is 20.3. The molecule has 3 heterocycles. The van der Waals surface area contributed by atoms with Crippen molar-refractivity contribution in [1.29, 1.82) is 0 Å². The molecule has 0 radical (unpaired) electrons. The van der Waals surface area contributed by atoms with Crippen LogP contribution in [0.3, 0.4) is 0 Å². The number of aliphatic hydroxyl groups excluding tert-OH is 6. The fourth-order valence-corrected chi connectivity index (χ4v) is 4.84. The zero-order valence-corrected chi connectivity index (χ0v) is 22.3. The molecule has 10 N–H and O–H groups in total. The molecule has 0 saturated carbocycles. The van der Waals surface area contributed by atoms with Crippen LogP contribution in [0.1, 0.15) is 6.92 Å². The summed E-state index contributed by atoms with van der Waals surface area (Å²) in [6, 6.07) is 5.24. The van der Waals surface area contributed by atoms with Crippen molar-refractivity contribution >= 4 is 11.0 Å². The minimum absolute atomic E-state index is 0.0313. The highest BCUT2D eigenvalue weighted by atomic mass is 16.7. The lowest BCUT2D eigenvalue weighted by molar-refractivity contribution is -0.318. The second-order valence-corrected chi connectivity index (χ2v) is 10.3. The molecule has 0 amide bonds. The second kappa shape index (κ2) is 11.8. The zero-order chi connectivity index (χ0) is 31.3. The number of aliphatic hydroxyl groups is 6. The maximum atomic E-state index is 13.6. The van der Waals surface area contributed by atoms with Crippen molar-refractivity contribution in [3.63, 3.8) is 0 Å². The predicted molar refractivity (Wildman–Crippen MR) is 140 cm³/mol. The highest BCUT2D eigenvalue weighted by molar-refractivity contribution is 5.88.